The SMILES string of the molecule is COc1ccc(N2CCCN(Cc3ccnc4c3ccn4CC(=O)N(C)C)C2=O)cc1OCCC[C@H]1C[C@@H]1C. The third-order valence-corrected chi connectivity index (χ3v) is 7.94. The molecule has 2 atom stereocenters. The minimum atomic E-state index is -0.0349. The molecule has 5 rings (SSSR count). The van der Waals surface area contributed by atoms with E-state index in [0.29, 0.717) is 37.7 Å². The molecule has 2 aliphatic rings. The molecule has 39 heavy (non-hydrogen) atoms. The van der Waals surface area contributed by atoms with E-state index in [4.69, 9.17) is 9.47 Å². The van der Waals surface area contributed by atoms with Gasteiger partial charge in [0.1, 0.15) is 12.2 Å². The summed E-state index contributed by atoms with van der Waals surface area (Å²) in [6.07, 6.45) is 8.04. The predicted molar refractivity (Wildman–Crippen MR) is 151 cm³/mol. The maximum Gasteiger partial charge on any atom is 0.324 e. The summed E-state index contributed by atoms with van der Waals surface area (Å²) in [5, 5.41) is 0.953. The largest absolute Gasteiger partial charge is 0.493 e. The Hall–Kier alpha value is -3.75. The van der Waals surface area contributed by atoms with Crippen LogP contribution in [0.15, 0.2) is 42.7 Å². The smallest absolute Gasteiger partial charge is 0.324 e. The highest BCUT2D eigenvalue weighted by molar-refractivity contribution is 5.93. The number of pyridine rings is 1. The fourth-order valence-corrected chi connectivity index (χ4v) is 5.35. The van der Waals surface area contributed by atoms with E-state index in [0.717, 1.165) is 47.0 Å². The van der Waals surface area contributed by atoms with Crippen molar-refractivity contribution in [3.8, 4) is 11.5 Å². The Balaban J connectivity index is 1.28. The molecular formula is C30H39N5O4. The first kappa shape index (κ1) is 26.8. The number of methoxy groups -OCH3 is 1. The van der Waals surface area contributed by atoms with E-state index in [1.54, 1.807) is 32.3 Å². The van der Waals surface area contributed by atoms with Gasteiger partial charge in [-0.3, -0.25) is 9.69 Å². The Morgan fingerprint density at radius 1 is 1.15 bits per heavy atom. The second kappa shape index (κ2) is 11.6. The van der Waals surface area contributed by atoms with Gasteiger partial charge in [-0.2, -0.15) is 0 Å². The van der Waals surface area contributed by atoms with Gasteiger partial charge >= 0.3 is 6.03 Å². The van der Waals surface area contributed by atoms with Gasteiger partial charge in [-0.05, 0) is 67.3 Å². The highest BCUT2D eigenvalue weighted by Crippen LogP contribution is 2.41. The van der Waals surface area contributed by atoms with Crippen molar-refractivity contribution in [1.82, 2.24) is 19.4 Å². The van der Waals surface area contributed by atoms with Crippen LogP contribution >= 0.6 is 0 Å². The number of hydrogen-bond acceptors (Lipinski definition) is 5. The molecule has 0 spiro atoms. The van der Waals surface area contributed by atoms with Gasteiger partial charge < -0.3 is 23.8 Å². The van der Waals surface area contributed by atoms with Gasteiger partial charge in [-0.15, -0.1) is 0 Å². The minimum Gasteiger partial charge on any atom is -0.493 e. The van der Waals surface area contributed by atoms with Gasteiger partial charge in [-0.1, -0.05) is 6.92 Å². The molecule has 0 bridgehead atoms. The van der Waals surface area contributed by atoms with Crippen LogP contribution in [0.5, 0.6) is 11.5 Å². The summed E-state index contributed by atoms with van der Waals surface area (Å²) in [5.74, 6) is 3.05. The summed E-state index contributed by atoms with van der Waals surface area (Å²) in [4.78, 5) is 35.7. The van der Waals surface area contributed by atoms with E-state index in [-0.39, 0.29) is 18.5 Å². The molecule has 0 N–H and O–H groups in total. The highest BCUT2D eigenvalue weighted by atomic mass is 16.5. The number of anilines is 1. The van der Waals surface area contributed by atoms with E-state index in [1.807, 2.05) is 50.9 Å². The molecule has 208 valence electrons. The molecule has 1 saturated heterocycles. The number of urea groups is 1. The summed E-state index contributed by atoms with van der Waals surface area (Å²) in [6.45, 7) is 4.97. The lowest BCUT2D eigenvalue weighted by Gasteiger charge is -2.36. The zero-order valence-electron chi connectivity index (χ0n) is 23.4. The summed E-state index contributed by atoms with van der Waals surface area (Å²) in [6, 6.07) is 9.62. The highest BCUT2D eigenvalue weighted by Gasteiger charge is 2.31. The molecule has 2 fully saturated rings. The number of carbonyl (C=O) groups excluding carboxylic acids is 2. The zero-order chi connectivity index (χ0) is 27.5. The molecule has 3 amide bonds. The molecular weight excluding hydrogens is 494 g/mol. The second-order valence-electron chi connectivity index (χ2n) is 10.9. The topological polar surface area (TPSA) is 80.1 Å². The molecule has 1 aliphatic carbocycles. The maximum absolute atomic E-state index is 13.6. The van der Waals surface area contributed by atoms with E-state index < -0.39 is 0 Å². The third kappa shape index (κ3) is 5.97. The monoisotopic (exact) mass is 533 g/mol. The fourth-order valence-electron chi connectivity index (χ4n) is 5.35. The van der Waals surface area contributed by atoms with Crippen LogP contribution in [0.3, 0.4) is 0 Å². The molecule has 0 radical (unpaired) electrons. The number of amides is 3. The van der Waals surface area contributed by atoms with Gasteiger partial charge in [0.15, 0.2) is 11.5 Å². The van der Waals surface area contributed by atoms with Crippen LogP contribution < -0.4 is 14.4 Å². The molecule has 3 heterocycles. The van der Waals surface area contributed by atoms with Crippen molar-refractivity contribution < 1.29 is 19.1 Å². The minimum absolute atomic E-state index is 0.00176. The van der Waals surface area contributed by atoms with Gasteiger partial charge in [0, 0.05) is 63.3 Å². The molecule has 2 aromatic heterocycles. The molecule has 3 aromatic rings. The summed E-state index contributed by atoms with van der Waals surface area (Å²) < 4.78 is 13.5. The van der Waals surface area contributed by atoms with Gasteiger partial charge in [0.2, 0.25) is 5.91 Å². The number of carbonyl (C=O) groups is 2. The number of ether oxygens (including phenoxy) is 2. The Kier molecular flexibility index (Phi) is 7.95. The van der Waals surface area contributed by atoms with Gasteiger partial charge in [0.25, 0.3) is 0 Å². The summed E-state index contributed by atoms with van der Waals surface area (Å²) >= 11 is 0. The summed E-state index contributed by atoms with van der Waals surface area (Å²) in [7, 11) is 5.13. The lowest BCUT2D eigenvalue weighted by Crippen LogP contribution is -2.49. The van der Waals surface area contributed by atoms with Crippen LogP contribution in [-0.4, -0.2) is 72.2 Å². The Labute approximate surface area is 230 Å². The number of rotatable bonds is 11. The number of nitrogens with zero attached hydrogens (tertiary/aromatic N) is 5. The number of likely N-dealkylation sites (N-methyl/N-ethyl adjacent to an activating group) is 1. The van der Waals surface area contributed by atoms with Crippen LogP contribution in [0.25, 0.3) is 11.0 Å². The predicted octanol–water partition coefficient (Wildman–Crippen LogP) is 4.78. The van der Waals surface area contributed by atoms with Crippen LogP contribution in [0, 0.1) is 11.8 Å². The van der Waals surface area contributed by atoms with E-state index >= 15 is 0 Å². The lowest BCUT2D eigenvalue weighted by atomic mass is 10.1. The molecule has 9 nitrogen and oxygen atoms in total. The van der Waals surface area contributed by atoms with Crippen molar-refractivity contribution in [1.29, 1.82) is 0 Å². The van der Waals surface area contributed by atoms with Gasteiger partial charge in [0.05, 0.1) is 13.7 Å². The number of aromatic nitrogens is 2. The molecule has 1 aliphatic heterocycles. The van der Waals surface area contributed by atoms with Crippen molar-refractivity contribution in [2.45, 2.75) is 45.7 Å². The van der Waals surface area contributed by atoms with Crippen molar-refractivity contribution in [2.24, 2.45) is 11.8 Å². The van der Waals surface area contributed by atoms with Gasteiger partial charge in [-0.25, -0.2) is 9.78 Å². The van der Waals surface area contributed by atoms with Crippen molar-refractivity contribution in [3.63, 3.8) is 0 Å². The maximum atomic E-state index is 13.6. The normalized spacial score (nSPS) is 18.9. The number of hydrogen-bond donors (Lipinski definition) is 0. The van der Waals surface area contributed by atoms with Crippen LogP contribution in [0.2, 0.25) is 0 Å². The van der Waals surface area contributed by atoms with Crippen LogP contribution in [0.4, 0.5) is 10.5 Å². The first-order valence-corrected chi connectivity index (χ1v) is 13.9. The standard InChI is InChI=1S/C30H39N5O4/c1-21-17-22(21)7-5-16-39-27-18-24(8-9-26(27)38-4)35-14-6-13-34(30(35)37)19-23-10-12-31-29-25(23)11-15-33(29)20-28(36)32(2)3/h8-12,15,18,21-22H,5-7,13-14,16-17,19-20H2,1-4H3/t21-,22-/m0/s1. The quantitative estimate of drug-likeness (QED) is 0.332. The van der Waals surface area contributed by atoms with E-state index in [2.05, 4.69) is 11.9 Å². The molecule has 1 aromatic carbocycles. The second-order valence-corrected chi connectivity index (χ2v) is 10.9. The van der Waals surface area contributed by atoms with E-state index in [1.165, 1.54) is 12.8 Å². The Bertz CT molecular complexity index is 1340. The average Bonchev–Trinajstić information content (AvgIpc) is 3.48. The van der Waals surface area contributed by atoms with Crippen LogP contribution in [-0.2, 0) is 17.9 Å². The molecule has 1 saturated carbocycles. The van der Waals surface area contributed by atoms with Crippen molar-refractivity contribution in [3.05, 3.63) is 48.3 Å². The molecule has 9 heteroatoms. The number of benzene rings is 1. The number of fused-ring (bicyclic) bond motifs is 1. The van der Waals surface area contributed by atoms with Crippen molar-refractivity contribution in [2.75, 3.05) is 45.8 Å². The first-order valence-electron chi connectivity index (χ1n) is 13.9. The lowest BCUT2D eigenvalue weighted by molar-refractivity contribution is -0.129. The Morgan fingerprint density at radius 2 is 1.97 bits per heavy atom. The average molecular weight is 534 g/mol. The first-order chi connectivity index (χ1) is 18.9. The third-order valence-electron chi connectivity index (χ3n) is 7.94. The fraction of sp³-hybridized carbons (Fsp3) is 0.500. The van der Waals surface area contributed by atoms with E-state index in [9.17, 15) is 9.59 Å². The summed E-state index contributed by atoms with van der Waals surface area (Å²) in [5.41, 5.74) is 2.57. The van der Waals surface area contributed by atoms with Crippen molar-refractivity contribution >= 4 is 28.7 Å². The molecule has 0 unspecified atom stereocenters. The zero-order valence-corrected chi connectivity index (χ0v) is 23.4. The van der Waals surface area contributed by atoms with Crippen LogP contribution in [0.1, 0.15) is 38.2 Å². The Morgan fingerprint density at radius 3 is 2.72 bits per heavy atom.